The molecule has 1 saturated carbocycles. The lowest BCUT2D eigenvalue weighted by atomic mass is 9.94. The Hall–Kier alpha value is -1.20. The molecule has 0 unspecified atom stereocenters. The maximum Gasteiger partial charge on any atom is 0.168 e. The predicted octanol–water partition coefficient (Wildman–Crippen LogP) is 3.90. The summed E-state index contributed by atoms with van der Waals surface area (Å²) in [5.74, 6) is -0.407. The number of hydrogen-bond acceptors (Lipinski definition) is 4. The average Bonchev–Trinajstić information content (AvgIpc) is 2.97. The Morgan fingerprint density at radius 1 is 1.26 bits per heavy atom. The highest BCUT2D eigenvalue weighted by molar-refractivity contribution is 5.14. The molecule has 1 aliphatic carbocycles. The molecule has 0 amide bonds. The van der Waals surface area contributed by atoms with Gasteiger partial charge in [0.05, 0.1) is 12.6 Å². The maximum atomic E-state index is 10.6. The van der Waals surface area contributed by atoms with Crippen LogP contribution in [0, 0.1) is 0 Å². The first-order valence-corrected chi connectivity index (χ1v) is 8.64. The Labute approximate surface area is 138 Å². The molecule has 0 aromatic heterocycles. The molecule has 1 aliphatic heterocycles. The van der Waals surface area contributed by atoms with Crippen molar-refractivity contribution in [2.24, 2.45) is 0 Å². The van der Waals surface area contributed by atoms with Crippen LogP contribution in [0.25, 0.3) is 0 Å². The van der Waals surface area contributed by atoms with Crippen molar-refractivity contribution < 1.29 is 14.7 Å². The summed E-state index contributed by atoms with van der Waals surface area (Å²) in [6.07, 6.45) is 7.91. The highest BCUT2D eigenvalue weighted by atomic mass is 16.7. The molecule has 126 valence electrons. The fourth-order valence-electron chi connectivity index (χ4n) is 3.64. The second-order valence-corrected chi connectivity index (χ2v) is 6.61. The third kappa shape index (κ3) is 4.01. The summed E-state index contributed by atoms with van der Waals surface area (Å²) in [5, 5.41) is 12.0. The van der Waals surface area contributed by atoms with Gasteiger partial charge >= 0.3 is 0 Å². The number of hydroxylamine groups is 2. The van der Waals surface area contributed by atoms with Crippen LogP contribution in [0.4, 0.5) is 0 Å². The summed E-state index contributed by atoms with van der Waals surface area (Å²) >= 11 is 0. The second kappa shape index (κ2) is 7.58. The molecule has 4 heteroatoms. The number of rotatable bonds is 6. The molecule has 4 nitrogen and oxygen atoms in total. The van der Waals surface area contributed by atoms with Gasteiger partial charge in [0.25, 0.3) is 0 Å². The Morgan fingerprint density at radius 2 is 2.00 bits per heavy atom. The lowest BCUT2D eigenvalue weighted by Gasteiger charge is -2.34. The van der Waals surface area contributed by atoms with Gasteiger partial charge in [-0.05, 0) is 24.8 Å². The van der Waals surface area contributed by atoms with Gasteiger partial charge < -0.3 is 14.7 Å². The van der Waals surface area contributed by atoms with E-state index in [-0.39, 0.29) is 12.1 Å². The highest BCUT2D eigenvalue weighted by Crippen LogP contribution is 2.39. The molecule has 1 N–H and O–H groups in total. The van der Waals surface area contributed by atoms with Crippen molar-refractivity contribution in [3.8, 4) is 0 Å². The van der Waals surface area contributed by atoms with E-state index in [0.29, 0.717) is 19.6 Å². The molecule has 0 radical (unpaired) electrons. The molecule has 0 bridgehead atoms. The molecule has 1 aromatic rings. The van der Waals surface area contributed by atoms with Gasteiger partial charge in [0.2, 0.25) is 0 Å². The Kier molecular flexibility index (Phi) is 5.49. The smallest absolute Gasteiger partial charge is 0.168 e. The lowest BCUT2D eigenvalue weighted by Crippen LogP contribution is -2.44. The van der Waals surface area contributed by atoms with E-state index in [1.807, 2.05) is 36.4 Å². The van der Waals surface area contributed by atoms with E-state index < -0.39 is 5.79 Å². The van der Waals surface area contributed by atoms with Crippen LogP contribution in [0.3, 0.4) is 0 Å². The van der Waals surface area contributed by atoms with Gasteiger partial charge in [0.15, 0.2) is 5.79 Å². The van der Waals surface area contributed by atoms with Crippen LogP contribution in [0.2, 0.25) is 0 Å². The molecule has 1 saturated heterocycles. The fourth-order valence-corrected chi connectivity index (χ4v) is 3.64. The van der Waals surface area contributed by atoms with Crippen molar-refractivity contribution in [1.29, 1.82) is 0 Å². The van der Waals surface area contributed by atoms with Gasteiger partial charge in [-0.25, -0.2) is 0 Å². The zero-order chi connectivity index (χ0) is 16.1. The van der Waals surface area contributed by atoms with Crippen molar-refractivity contribution in [3.05, 3.63) is 48.6 Å². The first kappa shape index (κ1) is 16.7. The van der Waals surface area contributed by atoms with Gasteiger partial charge in [0, 0.05) is 19.4 Å². The van der Waals surface area contributed by atoms with Crippen LogP contribution in [0.1, 0.15) is 44.1 Å². The number of ether oxygens (including phenoxy) is 2. The summed E-state index contributed by atoms with van der Waals surface area (Å²) in [4.78, 5) is 0. The third-order valence-electron chi connectivity index (χ3n) is 4.90. The Bertz CT molecular complexity index is 499. The van der Waals surface area contributed by atoms with Crippen LogP contribution >= 0.6 is 0 Å². The van der Waals surface area contributed by atoms with E-state index in [4.69, 9.17) is 9.47 Å². The zero-order valence-electron chi connectivity index (χ0n) is 13.7. The molecule has 2 atom stereocenters. The zero-order valence-corrected chi connectivity index (χ0v) is 13.7. The number of nitrogens with zero attached hydrogens (tertiary/aromatic N) is 1. The average molecular weight is 317 g/mol. The van der Waals surface area contributed by atoms with E-state index in [1.165, 1.54) is 11.5 Å². The van der Waals surface area contributed by atoms with Gasteiger partial charge in [0.1, 0.15) is 6.10 Å². The minimum absolute atomic E-state index is 0.111. The summed E-state index contributed by atoms with van der Waals surface area (Å²) < 4.78 is 12.3. The quantitative estimate of drug-likeness (QED) is 0.638. The summed E-state index contributed by atoms with van der Waals surface area (Å²) in [6.45, 7) is 4.86. The van der Waals surface area contributed by atoms with Crippen molar-refractivity contribution >= 4 is 0 Å². The third-order valence-corrected chi connectivity index (χ3v) is 4.90. The second-order valence-electron chi connectivity index (χ2n) is 6.61. The fraction of sp³-hybridized carbons (Fsp3) is 0.579. The molecule has 1 aromatic carbocycles. The van der Waals surface area contributed by atoms with E-state index >= 15 is 0 Å². The van der Waals surface area contributed by atoms with E-state index in [1.54, 1.807) is 0 Å². The highest BCUT2D eigenvalue weighted by Gasteiger charge is 2.45. The minimum Gasteiger partial charge on any atom is -0.347 e. The number of benzene rings is 1. The SMILES string of the molecule is C=CC[C@@H]([C@H]1COC2(CCCCC2)O1)N(O)Cc1ccccc1. The van der Waals surface area contributed by atoms with Crippen LogP contribution in [-0.2, 0) is 16.0 Å². The van der Waals surface area contributed by atoms with E-state index in [2.05, 4.69) is 6.58 Å². The van der Waals surface area contributed by atoms with Crippen LogP contribution in [-0.4, -0.2) is 34.8 Å². The Morgan fingerprint density at radius 3 is 2.70 bits per heavy atom. The first-order chi connectivity index (χ1) is 11.2. The van der Waals surface area contributed by atoms with Crippen LogP contribution < -0.4 is 0 Å². The van der Waals surface area contributed by atoms with Gasteiger partial charge in [-0.1, -0.05) is 42.8 Å². The van der Waals surface area contributed by atoms with Gasteiger partial charge in [-0.3, -0.25) is 0 Å². The molecular formula is C19H27NO3. The summed E-state index contributed by atoms with van der Waals surface area (Å²) in [7, 11) is 0. The van der Waals surface area contributed by atoms with Crippen LogP contribution in [0.15, 0.2) is 43.0 Å². The molecule has 1 heterocycles. The number of hydrogen-bond donors (Lipinski definition) is 1. The molecule has 2 aliphatic rings. The summed E-state index contributed by atoms with van der Waals surface area (Å²) in [5.41, 5.74) is 1.08. The Balaban J connectivity index is 1.65. The monoisotopic (exact) mass is 317 g/mol. The first-order valence-electron chi connectivity index (χ1n) is 8.64. The largest absolute Gasteiger partial charge is 0.347 e. The summed E-state index contributed by atoms with van der Waals surface area (Å²) in [6, 6.07) is 9.85. The van der Waals surface area contributed by atoms with Crippen LogP contribution in [0.5, 0.6) is 0 Å². The van der Waals surface area contributed by atoms with Crippen molar-refractivity contribution in [2.75, 3.05) is 6.61 Å². The van der Waals surface area contributed by atoms with Crippen molar-refractivity contribution in [2.45, 2.75) is 63.0 Å². The molecule has 23 heavy (non-hydrogen) atoms. The topological polar surface area (TPSA) is 41.9 Å². The van der Waals surface area contributed by atoms with Crippen molar-refractivity contribution in [3.63, 3.8) is 0 Å². The molecule has 1 spiro atoms. The van der Waals surface area contributed by atoms with E-state index in [0.717, 1.165) is 31.2 Å². The minimum atomic E-state index is -0.407. The molecule has 2 fully saturated rings. The predicted molar refractivity (Wildman–Crippen MR) is 89.0 cm³/mol. The van der Waals surface area contributed by atoms with E-state index in [9.17, 15) is 5.21 Å². The molecule has 3 rings (SSSR count). The van der Waals surface area contributed by atoms with Gasteiger partial charge in [-0.15, -0.1) is 6.58 Å². The lowest BCUT2D eigenvalue weighted by molar-refractivity contribution is -0.212. The van der Waals surface area contributed by atoms with Crippen molar-refractivity contribution in [1.82, 2.24) is 5.06 Å². The molecular weight excluding hydrogens is 290 g/mol. The normalized spacial score (nSPS) is 24.9. The van der Waals surface area contributed by atoms with Gasteiger partial charge in [-0.2, -0.15) is 5.06 Å². The standard InChI is InChI=1S/C19H27NO3/c1-2-9-17(20(21)14-16-10-5-3-6-11-16)18-15-22-19(23-18)12-7-4-8-13-19/h2-3,5-6,10-11,17-18,21H,1,4,7-9,12-15H2/t17-,18+/m0/s1. The maximum absolute atomic E-state index is 10.6.